The Morgan fingerprint density at radius 3 is 2.12 bits per heavy atom. The molecule has 1 N–H and O–H groups in total. The molecular formula is C26H23NO4Se. The number of fused-ring (bicyclic) bond motifs is 3. The van der Waals surface area contributed by atoms with Gasteiger partial charge in [0.05, 0.1) is 0 Å². The Morgan fingerprint density at radius 1 is 0.938 bits per heavy atom. The first-order valence-electron chi connectivity index (χ1n) is 10.3. The molecule has 162 valence electrons. The Bertz CT molecular complexity index is 1140. The van der Waals surface area contributed by atoms with Crippen molar-refractivity contribution in [1.82, 2.24) is 5.32 Å². The molecule has 3 aromatic carbocycles. The van der Waals surface area contributed by atoms with E-state index in [1.54, 1.807) is 38.1 Å². The van der Waals surface area contributed by atoms with Crippen molar-refractivity contribution >= 4 is 36.5 Å². The number of amides is 1. The molecule has 0 aromatic heterocycles. The first kappa shape index (κ1) is 22.0. The Hall–Kier alpha value is -3.21. The summed E-state index contributed by atoms with van der Waals surface area (Å²) < 4.78 is 6.12. The number of ether oxygens (including phenoxy) is 1. The van der Waals surface area contributed by atoms with Gasteiger partial charge in [0.25, 0.3) is 0 Å². The van der Waals surface area contributed by atoms with Gasteiger partial charge in [0.2, 0.25) is 0 Å². The van der Waals surface area contributed by atoms with Gasteiger partial charge < -0.3 is 0 Å². The minimum atomic E-state index is -1.11. The normalized spacial score (nSPS) is 12.6. The van der Waals surface area contributed by atoms with Crippen LogP contribution in [0, 0.1) is 0 Å². The first-order chi connectivity index (χ1) is 15.4. The molecule has 1 aliphatic carbocycles. The van der Waals surface area contributed by atoms with E-state index in [-0.39, 0.29) is 17.2 Å². The van der Waals surface area contributed by atoms with Gasteiger partial charge in [-0.25, -0.2) is 0 Å². The van der Waals surface area contributed by atoms with Crippen LogP contribution in [0.1, 0.15) is 41.3 Å². The summed E-state index contributed by atoms with van der Waals surface area (Å²) in [5.41, 5.74) is 3.96. The third-order valence-electron chi connectivity index (χ3n) is 5.52. The average Bonchev–Trinajstić information content (AvgIpc) is 3.11. The van der Waals surface area contributed by atoms with E-state index < -0.39 is 26.6 Å². The van der Waals surface area contributed by atoms with Crippen LogP contribution >= 0.6 is 0 Å². The van der Waals surface area contributed by atoms with Gasteiger partial charge >= 0.3 is 193 Å². The van der Waals surface area contributed by atoms with Gasteiger partial charge in [-0.1, -0.05) is 0 Å². The van der Waals surface area contributed by atoms with Gasteiger partial charge in [-0.3, -0.25) is 0 Å². The van der Waals surface area contributed by atoms with Crippen LogP contribution < -0.4 is 9.78 Å². The van der Waals surface area contributed by atoms with E-state index in [4.69, 9.17) is 4.74 Å². The second-order valence-electron chi connectivity index (χ2n) is 8.12. The molecule has 0 unspecified atom stereocenters. The van der Waals surface area contributed by atoms with Gasteiger partial charge in [0, 0.05) is 0 Å². The molecule has 0 aliphatic heterocycles. The van der Waals surface area contributed by atoms with Crippen molar-refractivity contribution in [1.29, 1.82) is 0 Å². The van der Waals surface area contributed by atoms with E-state index in [1.165, 1.54) is 0 Å². The summed E-state index contributed by atoms with van der Waals surface area (Å²) >= 11 is -0.613. The van der Waals surface area contributed by atoms with E-state index in [9.17, 15) is 14.4 Å². The van der Waals surface area contributed by atoms with Crippen LogP contribution in [0.4, 0.5) is 4.79 Å². The second kappa shape index (κ2) is 9.11. The quantitative estimate of drug-likeness (QED) is 0.404. The van der Waals surface area contributed by atoms with Crippen molar-refractivity contribution in [3.63, 3.8) is 0 Å². The third-order valence-corrected chi connectivity index (χ3v) is 8.22. The van der Waals surface area contributed by atoms with Gasteiger partial charge in [0.1, 0.15) is 0 Å². The fraction of sp³-hybridized carbons (Fsp3) is 0.192. The number of alkyl carbamates (subject to hydrolysis) is 1. The predicted molar refractivity (Wildman–Crippen MR) is 125 cm³/mol. The Morgan fingerprint density at radius 2 is 1.50 bits per heavy atom. The number of hydrogen-bond donors (Lipinski definition) is 1. The molecular weight excluding hydrogens is 469 g/mol. The van der Waals surface area contributed by atoms with Crippen LogP contribution in [0.15, 0.2) is 72.8 Å². The van der Waals surface area contributed by atoms with Gasteiger partial charge in [-0.15, -0.1) is 0 Å². The van der Waals surface area contributed by atoms with E-state index in [0.717, 1.165) is 28.5 Å². The van der Waals surface area contributed by atoms with Crippen molar-refractivity contribution in [3.05, 3.63) is 89.5 Å². The number of carbonyl (C=O) groups is 3. The zero-order valence-electron chi connectivity index (χ0n) is 17.8. The van der Waals surface area contributed by atoms with Gasteiger partial charge in [-0.05, 0) is 0 Å². The van der Waals surface area contributed by atoms with Crippen molar-refractivity contribution in [2.45, 2.75) is 25.3 Å². The summed E-state index contributed by atoms with van der Waals surface area (Å²) in [5.74, 6) is -0.0457. The molecule has 0 radical (unpaired) electrons. The van der Waals surface area contributed by atoms with E-state index >= 15 is 0 Å². The number of rotatable bonds is 7. The molecule has 4 rings (SSSR count). The molecule has 6 heteroatoms. The van der Waals surface area contributed by atoms with E-state index in [0.29, 0.717) is 10.0 Å². The Balaban J connectivity index is 1.41. The molecule has 3 aromatic rings. The molecule has 0 heterocycles. The molecule has 0 fully saturated rings. The molecule has 0 saturated heterocycles. The Kier molecular flexibility index (Phi) is 6.26. The van der Waals surface area contributed by atoms with Crippen molar-refractivity contribution < 1.29 is 19.1 Å². The third kappa shape index (κ3) is 4.38. The van der Waals surface area contributed by atoms with Gasteiger partial charge in [0.15, 0.2) is 0 Å². The summed E-state index contributed by atoms with van der Waals surface area (Å²) in [7, 11) is 0. The van der Waals surface area contributed by atoms with Crippen LogP contribution in [0.2, 0.25) is 0 Å². The van der Waals surface area contributed by atoms with Crippen LogP contribution in [0.5, 0.6) is 0 Å². The molecule has 0 spiro atoms. The summed E-state index contributed by atoms with van der Waals surface area (Å²) in [6.45, 7) is 3.49. The number of aldehydes is 1. The van der Waals surface area contributed by atoms with Crippen LogP contribution in [0.3, 0.4) is 0 Å². The standard InChI is InChI=1S/C26H23NO4Se/c1-26(2,24(29)32-23-14-8-3-9-17(23)15-28)27-25(30)31-16-22-20-12-6-4-10-18(20)19-11-5-7-13-21(19)22/h3-15,22H,16H2,1-2H3,(H,27,30). The fourth-order valence-corrected chi connectivity index (χ4v) is 5.70. The van der Waals surface area contributed by atoms with Crippen LogP contribution in [-0.2, 0) is 9.53 Å². The first-order valence-corrected chi connectivity index (χ1v) is 12.0. The van der Waals surface area contributed by atoms with Crippen molar-refractivity contribution in [3.8, 4) is 11.1 Å². The predicted octanol–water partition coefficient (Wildman–Crippen LogP) is 3.67. The summed E-state index contributed by atoms with van der Waals surface area (Å²) in [6, 6.07) is 23.3. The number of nitrogens with one attached hydrogen (secondary N) is 1. The summed E-state index contributed by atoms with van der Waals surface area (Å²) in [4.78, 5) is 36.7. The molecule has 0 bridgehead atoms. The van der Waals surface area contributed by atoms with E-state index in [2.05, 4.69) is 29.6 Å². The molecule has 1 aliphatic rings. The monoisotopic (exact) mass is 493 g/mol. The van der Waals surface area contributed by atoms with E-state index in [1.807, 2.05) is 24.3 Å². The second-order valence-corrected chi connectivity index (χ2v) is 10.2. The molecule has 0 atom stereocenters. The van der Waals surface area contributed by atoms with Gasteiger partial charge in [-0.2, -0.15) is 0 Å². The van der Waals surface area contributed by atoms with Crippen molar-refractivity contribution in [2.24, 2.45) is 0 Å². The Labute approximate surface area is 193 Å². The zero-order valence-corrected chi connectivity index (χ0v) is 19.5. The zero-order chi connectivity index (χ0) is 22.7. The molecule has 5 nitrogen and oxygen atoms in total. The number of hydrogen-bond acceptors (Lipinski definition) is 4. The number of carbonyl (C=O) groups excluding carboxylic acids is 3. The topological polar surface area (TPSA) is 72.5 Å². The maximum atomic E-state index is 12.9. The summed E-state index contributed by atoms with van der Waals surface area (Å²) in [5, 5.41) is 2.70. The van der Waals surface area contributed by atoms with Crippen molar-refractivity contribution in [2.75, 3.05) is 6.61 Å². The van der Waals surface area contributed by atoms with Crippen LogP contribution in [0.25, 0.3) is 11.1 Å². The van der Waals surface area contributed by atoms with Crippen LogP contribution in [-0.4, -0.2) is 44.2 Å². The molecule has 0 saturated carbocycles. The molecule has 32 heavy (non-hydrogen) atoms. The maximum absolute atomic E-state index is 12.9. The summed E-state index contributed by atoms with van der Waals surface area (Å²) in [6.07, 6.45) is 0.112. The average molecular weight is 492 g/mol. The fourth-order valence-electron chi connectivity index (χ4n) is 3.84. The SMILES string of the molecule is CC(C)(NC(=O)OCC1c2ccccc2-c2ccccc21)C(=O)[Se]c1ccccc1C=O. The minimum absolute atomic E-state index is 0.0457. The number of benzene rings is 3. The molecule has 1 amide bonds.